The number of benzene rings is 2. The predicted octanol–water partition coefficient (Wildman–Crippen LogP) is 4.48. The molecule has 0 radical (unpaired) electrons. The molecular weight excluding hydrogens is 474 g/mol. The Morgan fingerprint density at radius 3 is 2.26 bits per heavy atom. The van der Waals surface area contributed by atoms with Gasteiger partial charge in [0.15, 0.2) is 0 Å². The molecule has 0 atom stereocenters. The Hall–Kier alpha value is -2.66. The summed E-state index contributed by atoms with van der Waals surface area (Å²) in [5, 5.41) is 2.69. The van der Waals surface area contributed by atoms with Crippen molar-refractivity contribution in [2.45, 2.75) is 36.8 Å². The topological polar surface area (TPSA) is 69.7 Å². The minimum atomic E-state index is -4.66. The van der Waals surface area contributed by atoms with Gasteiger partial charge in [0.1, 0.15) is 11.5 Å². The molecule has 0 aromatic heterocycles. The Kier molecular flexibility index (Phi) is 6.86. The molecule has 2 heterocycles. The summed E-state index contributed by atoms with van der Waals surface area (Å²) in [5.41, 5.74) is -0.301. The first-order chi connectivity index (χ1) is 16.1. The monoisotopic (exact) mass is 499 g/mol. The van der Waals surface area contributed by atoms with Gasteiger partial charge < -0.3 is 10.2 Å². The lowest BCUT2D eigenvalue weighted by atomic mass is 9.97. The molecule has 0 bridgehead atoms. The molecule has 184 valence electrons. The summed E-state index contributed by atoms with van der Waals surface area (Å²) in [6.45, 7) is 1.51. The van der Waals surface area contributed by atoms with Crippen LogP contribution in [-0.4, -0.2) is 44.8 Å². The van der Waals surface area contributed by atoms with E-state index in [0.717, 1.165) is 48.4 Å². The van der Waals surface area contributed by atoms with Crippen molar-refractivity contribution in [2.24, 2.45) is 5.92 Å². The molecule has 34 heavy (non-hydrogen) atoms. The molecule has 2 aromatic rings. The third kappa shape index (κ3) is 5.05. The largest absolute Gasteiger partial charge is 0.416 e. The van der Waals surface area contributed by atoms with Crippen molar-refractivity contribution in [3.8, 4) is 0 Å². The number of hydrogen-bond donors (Lipinski definition) is 1. The van der Waals surface area contributed by atoms with Crippen LogP contribution in [0.15, 0.2) is 47.4 Å². The van der Waals surface area contributed by atoms with Crippen molar-refractivity contribution in [3.63, 3.8) is 0 Å². The lowest BCUT2D eigenvalue weighted by Crippen LogP contribution is -2.41. The molecule has 0 aliphatic carbocycles. The zero-order valence-corrected chi connectivity index (χ0v) is 19.1. The quantitative estimate of drug-likeness (QED) is 0.616. The van der Waals surface area contributed by atoms with Crippen molar-refractivity contribution < 1.29 is 30.8 Å². The van der Waals surface area contributed by atoms with Crippen LogP contribution < -0.4 is 10.2 Å². The van der Waals surface area contributed by atoms with E-state index in [2.05, 4.69) is 5.32 Å². The molecule has 2 aliphatic heterocycles. The van der Waals surface area contributed by atoms with E-state index in [1.165, 1.54) is 6.07 Å². The van der Waals surface area contributed by atoms with Crippen molar-refractivity contribution >= 4 is 27.3 Å². The van der Waals surface area contributed by atoms with Crippen LogP contribution in [0, 0.1) is 11.7 Å². The fraction of sp³-hybridized carbons (Fsp3) is 0.435. The minimum Gasteiger partial charge on any atom is -0.370 e. The van der Waals surface area contributed by atoms with Gasteiger partial charge >= 0.3 is 6.18 Å². The number of piperidine rings is 1. The van der Waals surface area contributed by atoms with E-state index in [9.17, 15) is 30.8 Å². The summed E-state index contributed by atoms with van der Waals surface area (Å²) >= 11 is 0. The fourth-order valence-corrected chi connectivity index (χ4v) is 5.94. The number of nitrogens with one attached hydrogen (secondary N) is 1. The zero-order valence-electron chi connectivity index (χ0n) is 18.3. The maximum atomic E-state index is 14.5. The van der Waals surface area contributed by atoms with Crippen LogP contribution in [0.1, 0.15) is 31.2 Å². The lowest BCUT2D eigenvalue weighted by molar-refractivity contribution is -0.137. The van der Waals surface area contributed by atoms with Gasteiger partial charge in [0.05, 0.1) is 16.1 Å². The number of para-hydroxylation sites is 1. The Labute approximate surface area is 195 Å². The molecule has 4 rings (SSSR count). The van der Waals surface area contributed by atoms with E-state index in [4.69, 9.17) is 0 Å². The molecule has 2 saturated heterocycles. The van der Waals surface area contributed by atoms with E-state index in [0.29, 0.717) is 11.8 Å². The molecule has 1 N–H and O–H groups in total. The summed E-state index contributed by atoms with van der Waals surface area (Å²) in [6, 6.07) is 8.24. The number of amides is 1. The summed E-state index contributed by atoms with van der Waals surface area (Å²) in [6.07, 6.45) is -2.32. The second-order valence-corrected chi connectivity index (χ2v) is 10.5. The second kappa shape index (κ2) is 9.53. The Bertz CT molecular complexity index is 1160. The van der Waals surface area contributed by atoms with Gasteiger partial charge in [-0.05, 0) is 56.0 Å². The van der Waals surface area contributed by atoms with Crippen LogP contribution in [0.5, 0.6) is 0 Å². The maximum absolute atomic E-state index is 14.5. The van der Waals surface area contributed by atoms with Crippen LogP contribution in [-0.2, 0) is 21.0 Å². The SMILES string of the molecule is O=C(Nc1c(F)cccc1N1CCCC1)C1CCN(S(=O)(=O)c2cccc(C(F)(F)F)c2)CC1. The number of anilines is 2. The highest BCUT2D eigenvalue weighted by Gasteiger charge is 2.35. The van der Waals surface area contributed by atoms with Gasteiger partial charge in [-0.2, -0.15) is 17.5 Å². The number of nitrogens with zero attached hydrogens (tertiary/aromatic N) is 2. The van der Waals surface area contributed by atoms with Gasteiger partial charge in [-0.15, -0.1) is 0 Å². The van der Waals surface area contributed by atoms with Crippen LogP contribution >= 0.6 is 0 Å². The van der Waals surface area contributed by atoms with Gasteiger partial charge in [0.2, 0.25) is 15.9 Å². The van der Waals surface area contributed by atoms with Gasteiger partial charge in [-0.25, -0.2) is 12.8 Å². The first kappa shape index (κ1) is 24.5. The molecule has 2 aromatic carbocycles. The molecule has 0 spiro atoms. The van der Waals surface area contributed by atoms with E-state index >= 15 is 0 Å². The molecule has 6 nitrogen and oxygen atoms in total. The smallest absolute Gasteiger partial charge is 0.370 e. The molecule has 0 saturated carbocycles. The summed E-state index contributed by atoms with van der Waals surface area (Å²) in [7, 11) is -4.14. The highest BCUT2D eigenvalue weighted by Crippen LogP contribution is 2.34. The van der Waals surface area contributed by atoms with Crippen LogP contribution in [0.25, 0.3) is 0 Å². The second-order valence-electron chi connectivity index (χ2n) is 8.52. The highest BCUT2D eigenvalue weighted by molar-refractivity contribution is 7.89. The van der Waals surface area contributed by atoms with E-state index in [-0.39, 0.29) is 31.6 Å². The molecule has 2 fully saturated rings. The Morgan fingerprint density at radius 2 is 1.62 bits per heavy atom. The first-order valence-electron chi connectivity index (χ1n) is 11.1. The van der Waals surface area contributed by atoms with E-state index in [1.807, 2.05) is 4.90 Å². The molecule has 11 heteroatoms. The number of carbonyl (C=O) groups is 1. The lowest BCUT2D eigenvalue weighted by Gasteiger charge is -2.31. The van der Waals surface area contributed by atoms with Gasteiger partial charge in [-0.1, -0.05) is 12.1 Å². The van der Waals surface area contributed by atoms with Gasteiger partial charge in [0.25, 0.3) is 0 Å². The zero-order chi connectivity index (χ0) is 24.5. The van der Waals surface area contributed by atoms with E-state index < -0.39 is 44.3 Å². The van der Waals surface area contributed by atoms with Crippen molar-refractivity contribution in [1.29, 1.82) is 0 Å². The van der Waals surface area contributed by atoms with Crippen LogP contribution in [0.3, 0.4) is 0 Å². The summed E-state index contributed by atoms with van der Waals surface area (Å²) < 4.78 is 80.4. The van der Waals surface area contributed by atoms with E-state index in [1.54, 1.807) is 12.1 Å². The van der Waals surface area contributed by atoms with Crippen LogP contribution in [0.2, 0.25) is 0 Å². The standard InChI is InChI=1S/C23H25F4N3O3S/c24-19-7-4-8-20(29-11-1-2-12-29)21(19)28-22(31)16-9-13-30(14-10-16)34(32,33)18-6-3-5-17(15-18)23(25,26)27/h3-8,15-16H,1-2,9-14H2,(H,28,31). The van der Waals surface area contributed by atoms with Crippen LogP contribution in [0.4, 0.5) is 28.9 Å². The summed E-state index contributed by atoms with van der Waals surface area (Å²) in [4.78, 5) is 14.5. The molecule has 1 amide bonds. The normalized spacial score (nSPS) is 18.3. The fourth-order valence-electron chi connectivity index (χ4n) is 4.42. The average molecular weight is 500 g/mol. The third-order valence-electron chi connectivity index (χ3n) is 6.31. The molecular formula is C23H25F4N3O3S. The highest BCUT2D eigenvalue weighted by atomic mass is 32.2. The minimum absolute atomic E-state index is 0.0209. The van der Waals surface area contributed by atoms with Gasteiger partial charge in [-0.3, -0.25) is 4.79 Å². The van der Waals surface area contributed by atoms with Gasteiger partial charge in [0, 0.05) is 32.1 Å². The predicted molar refractivity (Wildman–Crippen MR) is 119 cm³/mol. The first-order valence-corrected chi connectivity index (χ1v) is 12.5. The summed E-state index contributed by atoms with van der Waals surface area (Å²) in [5.74, 6) is -1.48. The number of carbonyl (C=O) groups excluding carboxylic acids is 1. The number of halogens is 4. The number of alkyl halides is 3. The number of sulfonamides is 1. The van der Waals surface area contributed by atoms with Crippen molar-refractivity contribution in [1.82, 2.24) is 4.31 Å². The Balaban J connectivity index is 1.43. The Morgan fingerprint density at radius 1 is 0.971 bits per heavy atom. The van der Waals surface area contributed by atoms with Crippen molar-refractivity contribution in [2.75, 3.05) is 36.4 Å². The van der Waals surface area contributed by atoms with Crippen molar-refractivity contribution in [3.05, 3.63) is 53.8 Å². The number of hydrogen-bond acceptors (Lipinski definition) is 4. The third-order valence-corrected chi connectivity index (χ3v) is 8.21. The maximum Gasteiger partial charge on any atom is 0.416 e. The molecule has 0 unspecified atom stereocenters. The average Bonchev–Trinajstić information content (AvgIpc) is 3.35. The molecule has 2 aliphatic rings. The number of rotatable bonds is 5.